The Morgan fingerprint density at radius 2 is 2.30 bits per heavy atom. The van der Waals surface area contributed by atoms with E-state index in [1.807, 2.05) is 0 Å². The van der Waals surface area contributed by atoms with Gasteiger partial charge < -0.3 is 15.3 Å². The van der Waals surface area contributed by atoms with Crippen LogP contribution in [0.1, 0.15) is 6.92 Å². The van der Waals surface area contributed by atoms with Crippen molar-refractivity contribution in [2.45, 2.75) is 13.0 Å². The molecule has 1 aromatic heterocycles. The number of phenols is 1. The molecule has 1 atom stereocenters. The molecular formula is C13H16FN5O. The maximum Gasteiger partial charge on any atom is 0.245 e. The summed E-state index contributed by atoms with van der Waals surface area (Å²) in [7, 11) is 0. The maximum absolute atomic E-state index is 13.8. The van der Waals surface area contributed by atoms with Crippen molar-refractivity contribution < 1.29 is 9.50 Å². The summed E-state index contributed by atoms with van der Waals surface area (Å²) in [5, 5.41) is 19.5. The van der Waals surface area contributed by atoms with Crippen LogP contribution in [0.5, 0.6) is 5.75 Å². The van der Waals surface area contributed by atoms with E-state index >= 15 is 0 Å². The van der Waals surface area contributed by atoms with Crippen molar-refractivity contribution >= 4 is 5.95 Å². The largest absolute Gasteiger partial charge is 0.508 e. The van der Waals surface area contributed by atoms with E-state index in [1.165, 1.54) is 12.1 Å². The number of hydrogen-bond acceptors (Lipinski definition) is 5. The average Bonchev–Trinajstić information content (AvgIpc) is 2.88. The SMILES string of the molecule is C[C@H]1CN(c2n[nH]c(-c3ccc(O)cc3F)n2)CCN1. The van der Waals surface area contributed by atoms with Gasteiger partial charge in [0.1, 0.15) is 11.6 Å². The van der Waals surface area contributed by atoms with Gasteiger partial charge in [-0.1, -0.05) is 0 Å². The van der Waals surface area contributed by atoms with Gasteiger partial charge in [0.25, 0.3) is 0 Å². The molecule has 6 nitrogen and oxygen atoms in total. The molecule has 1 aliphatic heterocycles. The summed E-state index contributed by atoms with van der Waals surface area (Å²) < 4.78 is 13.8. The highest BCUT2D eigenvalue weighted by Crippen LogP contribution is 2.24. The molecule has 0 aliphatic carbocycles. The summed E-state index contributed by atoms with van der Waals surface area (Å²) in [6.45, 7) is 4.60. The minimum Gasteiger partial charge on any atom is -0.508 e. The first-order valence-electron chi connectivity index (χ1n) is 6.53. The second-order valence-corrected chi connectivity index (χ2v) is 4.95. The van der Waals surface area contributed by atoms with E-state index in [2.05, 4.69) is 32.3 Å². The minimum absolute atomic E-state index is 0.109. The molecule has 2 heterocycles. The second-order valence-electron chi connectivity index (χ2n) is 4.95. The Labute approximate surface area is 115 Å². The second kappa shape index (κ2) is 5.09. The van der Waals surface area contributed by atoms with E-state index in [0.29, 0.717) is 23.4 Å². The third-order valence-corrected chi connectivity index (χ3v) is 3.33. The van der Waals surface area contributed by atoms with Crippen LogP contribution in [0.15, 0.2) is 18.2 Å². The van der Waals surface area contributed by atoms with Gasteiger partial charge in [0.15, 0.2) is 5.82 Å². The molecule has 0 amide bonds. The van der Waals surface area contributed by atoms with Crippen molar-refractivity contribution in [3.05, 3.63) is 24.0 Å². The van der Waals surface area contributed by atoms with Gasteiger partial charge in [-0.25, -0.2) is 4.39 Å². The van der Waals surface area contributed by atoms with Crippen LogP contribution in [-0.4, -0.2) is 46.0 Å². The first-order chi connectivity index (χ1) is 9.63. The van der Waals surface area contributed by atoms with Gasteiger partial charge in [0.05, 0.1) is 5.56 Å². The zero-order valence-corrected chi connectivity index (χ0v) is 11.1. The number of hydrogen-bond donors (Lipinski definition) is 3. The summed E-state index contributed by atoms with van der Waals surface area (Å²) in [5.41, 5.74) is 0.296. The molecule has 0 bridgehead atoms. The van der Waals surface area contributed by atoms with Crippen molar-refractivity contribution in [3.8, 4) is 17.1 Å². The van der Waals surface area contributed by atoms with Crippen molar-refractivity contribution in [3.63, 3.8) is 0 Å². The fraction of sp³-hybridized carbons (Fsp3) is 0.385. The highest BCUT2D eigenvalue weighted by molar-refractivity contribution is 5.58. The lowest BCUT2D eigenvalue weighted by Gasteiger charge is -2.30. The molecule has 3 rings (SSSR count). The fourth-order valence-corrected chi connectivity index (χ4v) is 2.32. The Bertz CT molecular complexity index is 615. The van der Waals surface area contributed by atoms with E-state index in [0.717, 1.165) is 25.7 Å². The average molecular weight is 277 g/mol. The summed E-state index contributed by atoms with van der Waals surface area (Å²) in [5.74, 6) is 0.299. The van der Waals surface area contributed by atoms with Gasteiger partial charge >= 0.3 is 0 Å². The molecule has 0 saturated carbocycles. The number of anilines is 1. The number of aromatic nitrogens is 3. The quantitative estimate of drug-likeness (QED) is 0.766. The van der Waals surface area contributed by atoms with Crippen LogP contribution in [0.4, 0.5) is 10.3 Å². The highest BCUT2D eigenvalue weighted by Gasteiger charge is 2.20. The van der Waals surface area contributed by atoms with E-state index in [1.54, 1.807) is 0 Å². The summed E-state index contributed by atoms with van der Waals surface area (Å²) in [6, 6.07) is 4.34. The minimum atomic E-state index is -0.527. The molecule has 0 radical (unpaired) electrons. The molecule has 0 unspecified atom stereocenters. The first-order valence-corrected chi connectivity index (χ1v) is 6.53. The number of aromatic amines is 1. The molecule has 2 aromatic rings. The van der Waals surface area contributed by atoms with Crippen molar-refractivity contribution in [2.24, 2.45) is 0 Å². The number of nitrogens with one attached hydrogen (secondary N) is 2. The predicted octanol–water partition coefficient (Wildman–Crippen LogP) is 1.11. The number of rotatable bonds is 2. The zero-order chi connectivity index (χ0) is 14.1. The molecular weight excluding hydrogens is 261 g/mol. The molecule has 20 heavy (non-hydrogen) atoms. The van der Waals surface area contributed by atoms with Gasteiger partial charge in [-0.3, -0.25) is 5.10 Å². The van der Waals surface area contributed by atoms with Crippen LogP contribution in [0, 0.1) is 5.82 Å². The first kappa shape index (κ1) is 12.9. The molecule has 106 valence electrons. The van der Waals surface area contributed by atoms with Crippen molar-refractivity contribution in [2.75, 3.05) is 24.5 Å². The lowest BCUT2D eigenvalue weighted by Crippen LogP contribution is -2.49. The number of H-pyrrole nitrogens is 1. The third kappa shape index (κ3) is 2.44. The van der Waals surface area contributed by atoms with Crippen LogP contribution in [0.2, 0.25) is 0 Å². The molecule has 7 heteroatoms. The molecule has 1 saturated heterocycles. The van der Waals surface area contributed by atoms with Crippen molar-refractivity contribution in [1.82, 2.24) is 20.5 Å². The number of halogens is 1. The molecule has 0 spiro atoms. The molecule has 1 aliphatic rings. The number of nitrogens with zero attached hydrogens (tertiary/aromatic N) is 3. The van der Waals surface area contributed by atoms with Crippen LogP contribution in [0.3, 0.4) is 0 Å². The monoisotopic (exact) mass is 277 g/mol. The van der Waals surface area contributed by atoms with Crippen LogP contribution >= 0.6 is 0 Å². The lowest BCUT2D eigenvalue weighted by atomic mass is 10.2. The van der Waals surface area contributed by atoms with Gasteiger partial charge in [0, 0.05) is 31.7 Å². The Morgan fingerprint density at radius 1 is 1.45 bits per heavy atom. The van der Waals surface area contributed by atoms with Crippen LogP contribution < -0.4 is 10.2 Å². The van der Waals surface area contributed by atoms with Gasteiger partial charge in [0.2, 0.25) is 5.95 Å². The van der Waals surface area contributed by atoms with Gasteiger partial charge in [-0.15, -0.1) is 5.10 Å². The van der Waals surface area contributed by atoms with Gasteiger partial charge in [-0.05, 0) is 19.1 Å². The summed E-state index contributed by atoms with van der Waals surface area (Å²) in [4.78, 5) is 6.39. The van der Waals surface area contributed by atoms with E-state index in [-0.39, 0.29) is 5.75 Å². The smallest absolute Gasteiger partial charge is 0.245 e. The summed E-state index contributed by atoms with van der Waals surface area (Å²) in [6.07, 6.45) is 0. The fourth-order valence-electron chi connectivity index (χ4n) is 2.32. The predicted molar refractivity (Wildman–Crippen MR) is 73.1 cm³/mol. The van der Waals surface area contributed by atoms with Crippen LogP contribution in [-0.2, 0) is 0 Å². The van der Waals surface area contributed by atoms with Crippen LogP contribution in [0.25, 0.3) is 11.4 Å². The summed E-state index contributed by atoms with van der Waals surface area (Å²) >= 11 is 0. The zero-order valence-electron chi connectivity index (χ0n) is 11.1. The Morgan fingerprint density at radius 3 is 3.05 bits per heavy atom. The number of phenolic OH excluding ortho intramolecular Hbond substituents is 1. The van der Waals surface area contributed by atoms with E-state index in [9.17, 15) is 9.50 Å². The normalized spacial score (nSPS) is 19.3. The van der Waals surface area contributed by atoms with E-state index < -0.39 is 5.82 Å². The molecule has 1 fully saturated rings. The molecule has 3 N–H and O–H groups in total. The Balaban J connectivity index is 1.86. The van der Waals surface area contributed by atoms with Gasteiger partial charge in [-0.2, -0.15) is 4.98 Å². The van der Waals surface area contributed by atoms with Crippen molar-refractivity contribution in [1.29, 1.82) is 0 Å². The topological polar surface area (TPSA) is 77.1 Å². The maximum atomic E-state index is 13.8. The molecule has 1 aromatic carbocycles. The number of aromatic hydroxyl groups is 1. The lowest BCUT2D eigenvalue weighted by molar-refractivity contribution is 0.469. The third-order valence-electron chi connectivity index (χ3n) is 3.33. The Hall–Kier alpha value is -2.15. The standard InChI is InChI=1S/C13H16FN5O/c1-8-7-19(5-4-15-8)13-16-12(17-18-13)10-3-2-9(20)6-11(10)14/h2-3,6,8,15,20H,4-5,7H2,1H3,(H,16,17,18)/t8-/m0/s1. The number of benzene rings is 1. The van der Waals surface area contributed by atoms with E-state index in [4.69, 9.17) is 0 Å². The highest BCUT2D eigenvalue weighted by atomic mass is 19.1. The Kier molecular flexibility index (Phi) is 3.27. The number of piperazine rings is 1.